The molecule has 1 aromatic carbocycles. The molecule has 106 valence electrons. The topological polar surface area (TPSA) is 12.0 Å². The molecule has 1 heterocycles. The van der Waals surface area contributed by atoms with Crippen molar-refractivity contribution in [2.24, 2.45) is 0 Å². The van der Waals surface area contributed by atoms with Crippen molar-refractivity contribution in [1.29, 1.82) is 0 Å². The summed E-state index contributed by atoms with van der Waals surface area (Å²) in [4.78, 5) is 1.36. The van der Waals surface area contributed by atoms with E-state index in [4.69, 9.17) is 0 Å². The molecule has 0 spiro atoms. The molecule has 2 heteroatoms. The average molecular weight is 285 g/mol. The Morgan fingerprint density at radius 3 is 2.35 bits per heavy atom. The molecule has 2 aromatic rings. The van der Waals surface area contributed by atoms with Crippen molar-refractivity contribution in [3.63, 3.8) is 0 Å². The molecule has 0 amide bonds. The summed E-state index contributed by atoms with van der Waals surface area (Å²) in [6, 6.07) is 13.7. The molecule has 1 aliphatic rings. The molecule has 1 nitrogen and oxygen atoms in total. The third-order valence-corrected chi connectivity index (χ3v) is 5.08. The van der Waals surface area contributed by atoms with E-state index in [0.29, 0.717) is 6.04 Å². The summed E-state index contributed by atoms with van der Waals surface area (Å²) < 4.78 is 0. The highest BCUT2D eigenvalue weighted by Gasteiger charge is 2.13. The second kappa shape index (κ2) is 6.94. The van der Waals surface area contributed by atoms with Crippen LogP contribution in [0.5, 0.6) is 0 Å². The summed E-state index contributed by atoms with van der Waals surface area (Å²) in [5.74, 6) is 0. The van der Waals surface area contributed by atoms with E-state index in [1.807, 2.05) is 11.3 Å². The van der Waals surface area contributed by atoms with Crippen molar-refractivity contribution < 1.29 is 0 Å². The fourth-order valence-corrected chi connectivity index (χ4v) is 3.84. The SMILES string of the molecule is c1csc(-c2ccccc2NC2CCCCCCC2)c1. The zero-order valence-corrected chi connectivity index (χ0v) is 12.8. The first-order chi connectivity index (χ1) is 9.93. The summed E-state index contributed by atoms with van der Waals surface area (Å²) in [5, 5.41) is 5.97. The first-order valence-corrected chi connectivity index (χ1v) is 8.71. The zero-order valence-electron chi connectivity index (χ0n) is 12.0. The third kappa shape index (κ3) is 3.43. The maximum Gasteiger partial charge on any atom is 0.0430 e. The minimum Gasteiger partial charge on any atom is -0.382 e. The van der Waals surface area contributed by atoms with E-state index in [0.717, 1.165) is 0 Å². The Bertz CT molecular complexity index is 510. The number of rotatable bonds is 3. The van der Waals surface area contributed by atoms with Gasteiger partial charge in [-0.05, 0) is 30.4 Å². The summed E-state index contributed by atoms with van der Waals surface area (Å²) in [6.45, 7) is 0. The van der Waals surface area contributed by atoms with Crippen LogP contribution in [0.4, 0.5) is 5.69 Å². The Kier molecular flexibility index (Phi) is 4.75. The van der Waals surface area contributed by atoms with Crippen LogP contribution in [0.25, 0.3) is 10.4 Å². The molecule has 0 bridgehead atoms. The van der Waals surface area contributed by atoms with E-state index in [2.05, 4.69) is 47.1 Å². The smallest absolute Gasteiger partial charge is 0.0430 e. The summed E-state index contributed by atoms with van der Waals surface area (Å²) in [5.41, 5.74) is 2.66. The lowest BCUT2D eigenvalue weighted by Crippen LogP contribution is -2.20. The van der Waals surface area contributed by atoms with Gasteiger partial charge in [0.05, 0.1) is 0 Å². The number of anilines is 1. The van der Waals surface area contributed by atoms with Crippen LogP contribution in [0.15, 0.2) is 41.8 Å². The molecular formula is C18H23NS. The average Bonchev–Trinajstić information content (AvgIpc) is 2.96. The molecule has 0 unspecified atom stereocenters. The van der Waals surface area contributed by atoms with Crippen LogP contribution in [-0.4, -0.2) is 6.04 Å². The van der Waals surface area contributed by atoms with Gasteiger partial charge in [0.15, 0.2) is 0 Å². The Labute approximate surface area is 126 Å². The standard InChI is InChI=1S/C18H23NS/c1-2-4-9-15(10-5-3-1)19-17-12-7-6-11-16(17)18-13-8-14-20-18/h6-8,11-15,19H,1-5,9-10H2. The second-order valence-electron chi connectivity index (χ2n) is 5.71. The summed E-state index contributed by atoms with van der Waals surface area (Å²) in [6.07, 6.45) is 9.63. The van der Waals surface area contributed by atoms with Crippen LogP contribution >= 0.6 is 11.3 Å². The molecule has 20 heavy (non-hydrogen) atoms. The minimum absolute atomic E-state index is 0.649. The van der Waals surface area contributed by atoms with Crippen molar-refractivity contribution in [3.8, 4) is 10.4 Å². The van der Waals surface area contributed by atoms with Crippen LogP contribution in [0.2, 0.25) is 0 Å². The van der Waals surface area contributed by atoms with Crippen molar-refractivity contribution in [2.75, 3.05) is 5.32 Å². The van der Waals surface area contributed by atoms with Crippen molar-refractivity contribution in [3.05, 3.63) is 41.8 Å². The maximum atomic E-state index is 3.81. The van der Waals surface area contributed by atoms with E-state index in [-0.39, 0.29) is 0 Å². The highest BCUT2D eigenvalue weighted by atomic mass is 32.1. The van der Waals surface area contributed by atoms with E-state index in [1.165, 1.54) is 61.1 Å². The van der Waals surface area contributed by atoms with Gasteiger partial charge in [-0.2, -0.15) is 0 Å². The van der Waals surface area contributed by atoms with Crippen LogP contribution in [0.3, 0.4) is 0 Å². The quantitative estimate of drug-likeness (QED) is 0.736. The molecule has 1 fully saturated rings. The Balaban J connectivity index is 1.76. The zero-order chi connectivity index (χ0) is 13.6. The fourth-order valence-electron chi connectivity index (χ4n) is 3.08. The number of hydrogen-bond donors (Lipinski definition) is 1. The molecule has 1 saturated carbocycles. The van der Waals surface area contributed by atoms with Crippen LogP contribution in [0, 0.1) is 0 Å². The maximum absolute atomic E-state index is 3.81. The molecule has 1 aliphatic carbocycles. The lowest BCUT2D eigenvalue weighted by molar-refractivity contribution is 0.471. The minimum atomic E-state index is 0.649. The van der Waals surface area contributed by atoms with Gasteiger partial charge in [0.25, 0.3) is 0 Å². The lowest BCUT2D eigenvalue weighted by atomic mass is 9.96. The van der Waals surface area contributed by atoms with Crippen LogP contribution in [-0.2, 0) is 0 Å². The monoisotopic (exact) mass is 285 g/mol. The number of hydrogen-bond acceptors (Lipinski definition) is 2. The first kappa shape index (κ1) is 13.7. The van der Waals surface area contributed by atoms with E-state index in [1.54, 1.807) is 0 Å². The highest BCUT2D eigenvalue weighted by molar-refractivity contribution is 7.13. The van der Waals surface area contributed by atoms with Crippen LogP contribution < -0.4 is 5.32 Å². The number of para-hydroxylation sites is 1. The molecule has 3 rings (SSSR count). The van der Waals surface area contributed by atoms with E-state index in [9.17, 15) is 0 Å². The molecule has 1 aromatic heterocycles. The molecule has 0 atom stereocenters. The Morgan fingerprint density at radius 2 is 1.60 bits per heavy atom. The van der Waals surface area contributed by atoms with E-state index < -0.39 is 0 Å². The summed E-state index contributed by atoms with van der Waals surface area (Å²) in [7, 11) is 0. The van der Waals surface area contributed by atoms with Gasteiger partial charge in [-0.1, -0.05) is 56.4 Å². The number of thiophene rings is 1. The van der Waals surface area contributed by atoms with Crippen molar-refractivity contribution in [2.45, 2.75) is 51.0 Å². The Hall–Kier alpha value is -1.28. The largest absolute Gasteiger partial charge is 0.382 e. The molecule has 0 aliphatic heterocycles. The van der Waals surface area contributed by atoms with Crippen molar-refractivity contribution >= 4 is 17.0 Å². The lowest BCUT2D eigenvalue weighted by Gasteiger charge is -2.23. The highest BCUT2D eigenvalue weighted by Crippen LogP contribution is 2.32. The van der Waals surface area contributed by atoms with E-state index >= 15 is 0 Å². The van der Waals surface area contributed by atoms with Crippen LogP contribution in [0.1, 0.15) is 44.9 Å². The molecule has 0 radical (unpaired) electrons. The van der Waals surface area contributed by atoms with Gasteiger partial charge in [0.1, 0.15) is 0 Å². The molecular weight excluding hydrogens is 262 g/mol. The number of benzene rings is 1. The summed E-state index contributed by atoms with van der Waals surface area (Å²) >= 11 is 1.82. The van der Waals surface area contributed by atoms with Gasteiger partial charge < -0.3 is 5.32 Å². The van der Waals surface area contributed by atoms with Gasteiger partial charge in [-0.3, -0.25) is 0 Å². The van der Waals surface area contributed by atoms with Gasteiger partial charge in [-0.15, -0.1) is 11.3 Å². The molecule has 0 saturated heterocycles. The third-order valence-electron chi connectivity index (χ3n) is 4.18. The van der Waals surface area contributed by atoms with Gasteiger partial charge in [-0.25, -0.2) is 0 Å². The first-order valence-electron chi connectivity index (χ1n) is 7.83. The van der Waals surface area contributed by atoms with Gasteiger partial charge >= 0.3 is 0 Å². The Morgan fingerprint density at radius 1 is 0.850 bits per heavy atom. The predicted molar refractivity (Wildman–Crippen MR) is 89.5 cm³/mol. The molecule has 1 N–H and O–H groups in total. The van der Waals surface area contributed by atoms with Gasteiger partial charge in [0, 0.05) is 22.2 Å². The normalized spacial score (nSPS) is 17.4. The number of nitrogens with one attached hydrogen (secondary N) is 1. The fraction of sp³-hybridized carbons (Fsp3) is 0.444. The second-order valence-corrected chi connectivity index (χ2v) is 6.66. The van der Waals surface area contributed by atoms with Crippen molar-refractivity contribution in [1.82, 2.24) is 0 Å². The van der Waals surface area contributed by atoms with Gasteiger partial charge in [0.2, 0.25) is 0 Å². The predicted octanol–water partition coefficient (Wildman–Crippen LogP) is 5.94.